The molecule has 164 valence electrons. The molecule has 1 N–H and O–H groups in total. The van der Waals surface area contributed by atoms with Crippen molar-refractivity contribution in [1.29, 1.82) is 0 Å². The van der Waals surface area contributed by atoms with Gasteiger partial charge in [-0.1, -0.05) is 54.3 Å². The van der Waals surface area contributed by atoms with Crippen molar-refractivity contribution in [2.75, 3.05) is 21.6 Å². The first-order chi connectivity index (χ1) is 14.8. The maximum Gasteiger partial charge on any atom is 0.257 e. The minimum absolute atomic E-state index is 0.222. The number of benzene rings is 2. The number of anilines is 2. The molecule has 10 heteroatoms. The molecular formula is C21H24N4O3S3. The van der Waals surface area contributed by atoms with Crippen LogP contribution >= 0.6 is 23.1 Å². The third-order valence-electron chi connectivity index (χ3n) is 4.45. The number of amides is 1. The number of hydrogen-bond acceptors (Lipinski definition) is 7. The zero-order valence-electron chi connectivity index (χ0n) is 17.5. The summed E-state index contributed by atoms with van der Waals surface area (Å²) in [4.78, 5) is 12.5. The highest BCUT2D eigenvalue weighted by molar-refractivity contribution is 8.01. The normalized spacial score (nSPS) is 11.3. The molecule has 1 heterocycles. The average molecular weight is 477 g/mol. The Morgan fingerprint density at radius 1 is 1.13 bits per heavy atom. The molecule has 7 nitrogen and oxygen atoms in total. The van der Waals surface area contributed by atoms with Crippen LogP contribution in [0.1, 0.15) is 34.8 Å². The minimum atomic E-state index is -3.51. The SMILES string of the molecule is CCCSc1nnc(NC(=O)c2ccc(N(Cc3ccccc3C)S(C)(=O)=O)cc2)s1. The maximum atomic E-state index is 12.5. The Balaban J connectivity index is 1.74. The van der Waals surface area contributed by atoms with Crippen LogP contribution in [-0.4, -0.2) is 36.5 Å². The molecule has 3 aromatic rings. The second-order valence-electron chi connectivity index (χ2n) is 6.92. The second kappa shape index (κ2) is 10.3. The number of sulfonamides is 1. The third kappa shape index (κ3) is 6.28. The number of aryl methyl sites for hydroxylation is 1. The van der Waals surface area contributed by atoms with Crippen molar-refractivity contribution >= 4 is 49.8 Å². The van der Waals surface area contributed by atoms with Crippen molar-refractivity contribution in [1.82, 2.24) is 10.2 Å². The zero-order valence-corrected chi connectivity index (χ0v) is 20.0. The largest absolute Gasteiger partial charge is 0.296 e. The highest BCUT2D eigenvalue weighted by Gasteiger charge is 2.19. The van der Waals surface area contributed by atoms with Crippen molar-refractivity contribution in [3.8, 4) is 0 Å². The van der Waals surface area contributed by atoms with Crippen LogP contribution in [0, 0.1) is 6.92 Å². The van der Waals surface area contributed by atoms with Crippen molar-refractivity contribution in [2.45, 2.75) is 31.2 Å². The zero-order chi connectivity index (χ0) is 22.4. The highest BCUT2D eigenvalue weighted by Crippen LogP contribution is 2.27. The predicted octanol–water partition coefficient (Wildman–Crippen LogP) is 4.57. The molecule has 2 aromatic carbocycles. The van der Waals surface area contributed by atoms with Crippen LogP contribution in [0.3, 0.4) is 0 Å². The lowest BCUT2D eigenvalue weighted by Gasteiger charge is -2.23. The van der Waals surface area contributed by atoms with E-state index in [1.54, 1.807) is 36.0 Å². The molecule has 0 spiro atoms. The summed E-state index contributed by atoms with van der Waals surface area (Å²) < 4.78 is 27.0. The van der Waals surface area contributed by atoms with E-state index in [4.69, 9.17) is 0 Å². The molecule has 3 rings (SSSR count). The number of nitrogens with one attached hydrogen (secondary N) is 1. The Bertz CT molecular complexity index is 1140. The lowest BCUT2D eigenvalue weighted by atomic mass is 10.1. The summed E-state index contributed by atoms with van der Waals surface area (Å²) in [5.74, 6) is 0.628. The molecule has 0 unspecified atom stereocenters. The molecule has 0 saturated heterocycles. The first-order valence-electron chi connectivity index (χ1n) is 9.68. The second-order valence-corrected chi connectivity index (χ2v) is 11.1. The highest BCUT2D eigenvalue weighted by atomic mass is 32.2. The van der Waals surface area contributed by atoms with E-state index in [2.05, 4.69) is 22.4 Å². The molecule has 0 atom stereocenters. The van der Waals surface area contributed by atoms with Gasteiger partial charge in [-0.3, -0.25) is 14.4 Å². The molecule has 0 aliphatic carbocycles. The van der Waals surface area contributed by atoms with Gasteiger partial charge in [-0.25, -0.2) is 8.42 Å². The van der Waals surface area contributed by atoms with Gasteiger partial charge in [-0.2, -0.15) is 0 Å². The fourth-order valence-corrected chi connectivity index (χ4v) is 5.35. The molecule has 0 aliphatic rings. The topological polar surface area (TPSA) is 92.3 Å². The van der Waals surface area contributed by atoms with Crippen LogP contribution in [0.5, 0.6) is 0 Å². The van der Waals surface area contributed by atoms with E-state index in [1.807, 2.05) is 31.2 Å². The van der Waals surface area contributed by atoms with Gasteiger partial charge < -0.3 is 0 Å². The van der Waals surface area contributed by atoms with Crippen molar-refractivity contribution in [3.05, 3.63) is 65.2 Å². The molecule has 0 fully saturated rings. The summed E-state index contributed by atoms with van der Waals surface area (Å²) in [6.45, 7) is 4.26. The van der Waals surface area contributed by atoms with E-state index in [9.17, 15) is 13.2 Å². The summed E-state index contributed by atoms with van der Waals surface area (Å²) in [7, 11) is -3.51. The third-order valence-corrected chi connectivity index (χ3v) is 7.77. The molecule has 0 bridgehead atoms. The molecule has 0 saturated carbocycles. The molecule has 31 heavy (non-hydrogen) atoms. The molecule has 0 aliphatic heterocycles. The minimum Gasteiger partial charge on any atom is -0.296 e. The van der Waals surface area contributed by atoms with Gasteiger partial charge in [-0.15, -0.1) is 10.2 Å². The van der Waals surface area contributed by atoms with E-state index in [1.165, 1.54) is 21.9 Å². The lowest BCUT2D eigenvalue weighted by Crippen LogP contribution is -2.29. The van der Waals surface area contributed by atoms with Gasteiger partial charge in [0.25, 0.3) is 5.91 Å². The standard InChI is InChI=1S/C21H24N4O3S3/c1-4-13-29-21-24-23-20(30-21)22-19(26)16-9-11-18(12-10-16)25(31(3,27)28)14-17-8-6-5-7-15(17)2/h5-12H,4,13-14H2,1-3H3,(H,22,23,26). The number of hydrogen-bond donors (Lipinski definition) is 1. The molecular weight excluding hydrogens is 452 g/mol. The Kier molecular flexibility index (Phi) is 7.69. The Hall–Kier alpha value is -2.43. The summed E-state index contributed by atoms with van der Waals surface area (Å²) in [5.41, 5.74) is 2.84. The number of carbonyl (C=O) groups is 1. The van der Waals surface area contributed by atoms with Crippen molar-refractivity contribution in [2.24, 2.45) is 0 Å². The van der Waals surface area contributed by atoms with Gasteiger partial charge in [0.05, 0.1) is 18.5 Å². The van der Waals surface area contributed by atoms with E-state index < -0.39 is 10.0 Å². The fraction of sp³-hybridized carbons (Fsp3) is 0.286. The monoisotopic (exact) mass is 476 g/mol. The predicted molar refractivity (Wildman–Crippen MR) is 128 cm³/mol. The lowest BCUT2D eigenvalue weighted by molar-refractivity contribution is 0.102. The van der Waals surface area contributed by atoms with Crippen LogP contribution in [-0.2, 0) is 16.6 Å². The summed E-state index contributed by atoms with van der Waals surface area (Å²) >= 11 is 2.94. The number of nitrogens with zero attached hydrogens (tertiary/aromatic N) is 3. The number of carbonyl (C=O) groups excluding carboxylic acids is 1. The van der Waals surface area contributed by atoms with E-state index in [-0.39, 0.29) is 12.5 Å². The maximum absolute atomic E-state index is 12.5. The van der Waals surface area contributed by atoms with Crippen molar-refractivity contribution in [3.63, 3.8) is 0 Å². The Morgan fingerprint density at radius 3 is 2.48 bits per heavy atom. The van der Waals surface area contributed by atoms with Crippen LogP contribution in [0.15, 0.2) is 52.9 Å². The summed E-state index contributed by atoms with van der Waals surface area (Å²) in [5, 5.41) is 11.2. The molecule has 1 amide bonds. The smallest absolute Gasteiger partial charge is 0.257 e. The first kappa shape index (κ1) is 23.2. The number of rotatable bonds is 9. The summed E-state index contributed by atoms with van der Waals surface area (Å²) in [6, 6.07) is 14.1. The fourth-order valence-electron chi connectivity index (χ4n) is 2.80. The van der Waals surface area contributed by atoms with Crippen molar-refractivity contribution < 1.29 is 13.2 Å². The van der Waals surface area contributed by atoms with Crippen LogP contribution in [0.2, 0.25) is 0 Å². The van der Waals surface area contributed by atoms with Gasteiger partial charge in [0, 0.05) is 11.3 Å². The van der Waals surface area contributed by atoms with E-state index >= 15 is 0 Å². The first-order valence-corrected chi connectivity index (χ1v) is 13.3. The van der Waals surface area contributed by atoms with E-state index in [0.717, 1.165) is 27.6 Å². The van der Waals surface area contributed by atoms with Gasteiger partial charge in [-0.05, 0) is 48.7 Å². The quantitative estimate of drug-likeness (QED) is 0.359. The van der Waals surface area contributed by atoms with Crippen LogP contribution in [0.25, 0.3) is 0 Å². The number of aromatic nitrogens is 2. The Morgan fingerprint density at radius 2 is 1.84 bits per heavy atom. The van der Waals surface area contributed by atoms with Crippen LogP contribution in [0.4, 0.5) is 10.8 Å². The van der Waals surface area contributed by atoms with Gasteiger partial charge in [0.15, 0.2) is 4.34 Å². The van der Waals surface area contributed by atoms with Gasteiger partial charge in [0.2, 0.25) is 15.2 Å². The molecule has 0 radical (unpaired) electrons. The van der Waals surface area contributed by atoms with Gasteiger partial charge >= 0.3 is 0 Å². The Labute approximate surface area is 191 Å². The molecule has 1 aromatic heterocycles. The van der Waals surface area contributed by atoms with Gasteiger partial charge in [0.1, 0.15) is 0 Å². The number of thioether (sulfide) groups is 1. The van der Waals surface area contributed by atoms with E-state index in [0.29, 0.717) is 16.4 Å². The average Bonchev–Trinajstić information content (AvgIpc) is 3.18. The summed E-state index contributed by atoms with van der Waals surface area (Å²) in [6.07, 6.45) is 2.21. The van der Waals surface area contributed by atoms with Crippen LogP contribution < -0.4 is 9.62 Å².